The number of benzene rings is 2. The summed E-state index contributed by atoms with van der Waals surface area (Å²) in [5, 5.41) is 20.3. The number of piperidine rings is 3. The molecule has 5 N–H and O–H groups in total. The molecule has 368 valence electrons. The molecule has 1 unspecified atom stereocenters. The van der Waals surface area contributed by atoms with Crippen molar-refractivity contribution in [2.24, 2.45) is 16.9 Å². The van der Waals surface area contributed by atoms with Crippen LogP contribution in [0.25, 0.3) is 22.2 Å². The maximum absolute atomic E-state index is 13.8. The third kappa shape index (κ3) is 8.40. The Hall–Kier alpha value is -6.90. The molecule has 4 aromatic rings. The van der Waals surface area contributed by atoms with E-state index in [0.717, 1.165) is 116 Å². The predicted octanol–water partition coefficient (Wildman–Crippen LogP) is 3.55. The zero-order chi connectivity index (χ0) is 48.4. The number of aromatic amines is 1. The fraction of sp³-hybridized carbons (Fsp3) is 0.480. The number of anilines is 3. The average Bonchev–Trinajstić information content (AvgIpc) is 4.09. The molecule has 20 heteroatoms. The third-order valence-corrected chi connectivity index (χ3v) is 15.8. The summed E-state index contributed by atoms with van der Waals surface area (Å²) >= 11 is 0. The van der Waals surface area contributed by atoms with E-state index >= 15 is 0 Å². The molecule has 70 heavy (non-hydrogen) atoms. The lowest BCUT2D eigenvalue weighted by Crippen LogP contribution is -2.56. The molecule has 0 aliphatic carbocycles. The molecule has 7 aliphatic heterocycles. The maximum atomic E-state index is 13.8. The minimum absolute atomic E-state index is 0. The number of aromatic nitrogens is 3. The number of carbonyl (C=O) groups is 5. The Balaban J connectivity index is 0.00000582. The van der Waals surface area contributed by atoms with Gasteiger partial charge in [0.2, 0.25) is 17.8 Å². The average molecular weight is 954 g/mol. The van der Waals surface area contributed by atoms with Crippen molar-refractivity contribution < 1.29 is 25.4 Å². The summed E-state index contributed by atoms with van der Waals surface area (Å²) < 4.78 is 0. The van der Waals surface area contributed by atoms with E-state index in [1.807, 2.05) is 67.3 Å². The highest BCUT2D eigenvalue weighted by atomic mass is 16.2. The number of hydrazine groups is 2. The highest BCUT2D eigenvalue weighted by molar-refractivity contribution is 6.23. The first-order valence-corrected chi connectivity index (χ1v) is 24.8. The van der Waals surface area contributed by atoms with Gasteiger partial charge < -0.3 is 24.9 Å². The minimum atomic E-state index is -0.963. The van der Waals surface area contributed by atoms with Crippen LogP contribution in [0.2, 0.25) is 0 Å². The van der Waals surface area contributed by atoms with Crippen molar-refractivity contribution in [3.63, 3.8) is 0 Å². The molecule has 4 fully saturated rings. The normalized spacial score (nSPS) is 24.1. The Bertz CT molecular complexity index is 2840. The molecule has 4 saturated heterocycles. The Morgan fingerprint density at radius 2 is 1.61 bits per heavy atom. The van der Waals surface area contributed by atoms with Gasteiger partial charge in [-0.3, -0.25) is 44.2 Å². The number of imide groups is 2. The molecule has 7 aliphatic rings. The fourth-order valence-corrected chi connectivity index (χ4v) is 11.7. The number of pyridine rings is 1. The van der Waals surface area contributed by atoms with Gasteiger partial charge >= 0.3 is 0 Å². The van der Waals surface area contributed by atoms with Gasteiger partial charge in [0.1, 0.15) is 17.6 Å². The second kappa shape index (κ2) is 18.4. The van der Waals surface area contributed by atoms with E-state index in [1.165, 1.54) is 12.8 Å². The molecule has 0 bridgehead atoms. The number of hydrogen-bond donors (Lipinski definition) is 5. The summed E-state index contributed by atoms with van der Waals surface area (Å²) in [6, 6.07) is 14.6. The van der Waals surface area contributed by atoms with Gasteiger partial charge in [-0.1, -0.05) is 0 Å². The van der Waals surface area contributed by atoms with E-state index in [0.29, 0.717) is 46.2 Å². The SMILES string of the molecule is CC1=C(C(=O)Nc2ccc3[nH]nc(-c4ccnc(N5CCN(CC6CCN(CC7CCN(c8ccc9c(c8)C(=O)N(C8CCC(=O)NC8=O)C9=O)CC7)CC6)[C@@H](C)C5)c4)c3c2)[C@@H](C)N2NNN=C2N1C.[HH]. The van der Waals surface area contributed by atoms with Crippen LogP contribution in [0.5, 0.6) is 0 Å². The lowest BCUT2D eigenvalue weighted by atomic mass is 9.92. The summed E-state index contributed by atoms with van der Waals surface area (Å²) in [6.45, 7) is 15.2. The minimum Gasteiger partial charge on any atom is -0.371 e. The Morgan fingerprint density at radius 1 is 0.843 bits per heavy atom. The quantitative estimate of drug-likeness (QED) is 0.144. The van der Waals surface area contributed by atoms with E-state index < -0.39 is 23.8 Å². The summed E-state index contributed by atoms with van der Waals surface area (Å²) in [5.74, 6) is 0.831. The predicted molar refractivity (Wildman–Crippen MR) is 266 cm³/mol. The van der Waals surface area contributed by atoms with Gasteiger partial charge in [0, 0.05) is 101 Å². The van der Waals surface area contributed by atoms with Crippen LogP contribution < -0.4 is 31.5 Å². The van der Waals surface area contributed by atoms with Gasteiger partial charge in [-0.05, 0) is 126 Å². The second-order valence-electron chi connectivity index (χ2n) is 20.1. The lowest BCUT2D eigenvalue weighted by Gasteiger charge is -2.43. The van der Waals surface area contributed by atoms with Crippen LogP contribution in [0.3, 0.4) is 0 Å². The molecule has 0 spiro atoms. The molecule has 3 atom stereocenters. The van der Waals surface area contributed by atoms with Crippen LogP contribution in [0.1, 0.15) is 81.4 Å². The first-order chi connectivity index (χ1) is 33.9. The number of allylic oxidation sites excluding steroid dienone is 1. The van der Waals surface area contributed by atoms with Crippen molar-refractivity contribution >= 4 is 63.6 Å². The van der Waals surface area contributed by atoms with Gasteiger partial charge in [-0.25, -0.2) is 15.5 Å². The van der Waals surface area contributed by atoms with Crippen LogP contribution >= 0.6 is 0 Å². The number of carbonyl (C=O) groups excluding carboxylic acids is 5. The monoisotopic (exact) mass is 954 g/mol. The standard InChI is InChI=1S/C50H61N15O5.H2/c1-29-26-63(42-23-34(11-16-51-42)45-39-24-35(5-8-40(39)54-55-45)52-47(68)44-30(2)59(4)50-56-57-58-65(50)31(44)3)22-21-62(29)28-33-12-17-60(18-13-33)27-32-14-19-61(20-15-32)36-6-7-37-38(25-36)49(70)64(48(37)69)41-9-10-43(66)53-46(41)67;/h5-8,11,16,23-25,29,31-33,41,57-58H,9-10,12-15,17-22,26-28H2,1-4H3,(H,52,68)(H,54,55)(H,53,66,67);1H/t29-,31+,41?;/m0./s1. The number of nitrogens with zero attached hydrogens (tertiary/aromatic N) is 10. The highest BCUT2D eigenvalue weighted by Gasteiger charge is 2.45. The van der Waals surface area contributed by atoms with Gasteiger partial charge in [0.25, 0.3) is 17.7 Å². The fourth-order valence-electron chi connectivity index (χ4n) is 11.7. The number of nitrogens with one attached hydrogen (secondary N) is 5. The number of guanidine groups is 1. The van der Waals surface area contributed by atoms with E-state index in [-0.39, 0.29) is 32.1 Å². The van der Waals surface area contributed by atoms with Crippen molar-refractivity contribution in [1.82, 2.24) is 56.2 Å². The van der Waals surface area contributed by atoms with Crippen LogP contribution in [0.15, 0.2) is 71.1 Å². The van der Waals surface area contributed by atoms with Crippen molar-refractivity contribution in [1.29, 1.82) is 0 Å². The summed E-state index contributed by atoms with van der Waals surface area (Å²) in [4.78, 5) is 82.3. The zero-order valence-electron chi connectivity index (χ0n) is 40.2. The lowest BCUT2D eigenvalue weighted by molar-refractivity contribution is -0.136. The second-order valence-corrected chi connectivity index (χ2v) is 20.1. The molecule has 0 radical (unpaired) electrons. The van der Waals surface area contributed by atoms with E-state index in [9.17, 15) is 24.0 Å². The van der Waals surface area contributed by atoms with E-state index in [2.05, 4.69) is 64.5 Å². The van der Waals surface area contributed by atoms with Crippen molar-refractivity contribution in [2.75, 3.05) is 81.1 Å². The first kappa shape index (κ1) is 45.5. The summed E-state index contributed by atoms with van der Waals surface area (Å²) in [7, 11) is 1.89. The number of likely N-dealkylation sites (tertiary alicyclic amines) is 1. The van der Waals surface area contributed by atoms with E-state index in [4.69, 9.17) is 10.1 Å². The number of amides is 5. The molecular weight excluding hydrogens is 891 g/mol. The maximum Gasteiger partial charge on any atom is 0.262 e. The Morgan fingerprint density at radius 3 is 2.40 bits per heavy atom. The molecular formula is C50H63N15O5. The van der Waals surface area contributed by atoms with Crippen LogP contribution in [0.4, 0.5) is 17.2 Å². The smallest absolute Gasteiger partial charge is 0.262 e. The van der Waals surface area contributed by atoms with Crippen LogP contribution in [-0.4, -0.2) is 159 Å². The molecule has 2 aromatic heterocycles. The number of piperazine rings is 1. The Kier molecular flexibility index (Phi) is 12.0. The number of hydrazone groups is 1. The van der Waals surface area contributed by atoms with Crippen molar-refractivity contribution in [3.8, 4) is 11.3 Å². The molecule has 9 heterocycles. The zero-order valence-corrected chi connectivity index (χ0v) is 40.2. The number of rotatable bonds is 10. The summed E-state index contributed by atoms with van der Waals surface area (Å²) in [5.41, 5.74) is 12.2. The third-order valence-electron chi connectivity index (χ3n) is 15.8. The number of hydrogen-bond acceptors (Lipinski definition) is 16. The highest BCUT2D eigenvalue weighted by Crippen LogP contribution is 2.35. The van der Waals surface area contributed by atoms with Gasteiger partial charge in [0.05, 0.1) is 28.3 Å². The molecule has 2 aromatic carbocycles. The number of H-pyrrole nitrogens is 1. The molecule has 20 nitrogen and oxygen atoms in total. The van der Waals surface area contributed by atoms with Crippen molar-refractivity contribution in [3.05, 3.63) is 77.1 Å². The van der Waals surface area contributed by atoms with Crippen LogP contribution in [0, 0.1) is 11.8 Å². The largest absolute Gasteiger partial charge is 0.371 e. The molecule has 11 rings (SSSR count). The first-order valence-electron chi connectivity index (χ1n) is 24.8. The molecule has 5 amide bonds. The van der Waals surface area contributed by atoms with Crippen LogP contribution in [-0.2, 0) is 14.4 Å². The van der Waals surface area contributed by atoms with Gasteiger partial charge in [-0.2, -0.15) is 5.10 Å². The number of fused-ring (bicyclic) bond motifs is 3. The topological polar surface area (TPSA) is 210 Å². The van der Waals surface area contributed by atoms with E-state index in [1.54, 1.807) is 12.1 Å². The summed E-state index contributed by atoms with van der Waals surface area (Å²) in [6.07, 6.45) is 6.64. The molecule has 0 saturated carbocycles. The van der Waals surface area contributed by atoms with Crippen molar-refractivity contribution in [2.45, 2.75) is 77.4 Å². The van der Waals surface area contributed by atoms with Gasteiger partial charge in [-0.15, -0.1) is 10.6 Å². The van der Waals surface area contributed by atoms with Gasteiger partial charge in [0.15, 0.2) is 0 Å². The Labute approximate surface area is 407 Å².